The van der Waals surface area contributed by atoms with Crippen LogP contribution in [0.15, 0.2) is 6.20 Å². The van der Waals surface area contributed by atoms with E-state index in [9.17, 15) is 0 Å². The molecule has 0 spiro atoms. The second kappa shape index (κ2) is 5.69. The molecule has 0 aromatic carbocycles. The maximum atomic E-state index is 5.76. The normalized spacial score (nSPS) is 19.9. The number of nitrogens with one attached hydrogen (secondary N) is 1. The third kappa shape index (κ3) is 2.58. The largest absolute Gasteiger partial charge is 0.373 e. The molecule has 1 aliphatic rings. The summed E-state index contributed by atoms with van der Waals surface area (Å²) in [4.78, 5) is 7.61. The Morgan fingerprint density at radius 1 is 1.50 bits per heavy atom. The molecule has 90 valence electrons. The fourth-order valence-electron chi connectivity index (χ4n) is 2.55. The lowest BCUT2D eigenvalue weighted by Crippen LogP contribution is -2.19. The molecule has 1 fully saturated rings. The van der Waals surface area contributed by atoms with Crippen LogP contribution in [-0.4, -0.2) is 17.1 Å². The van der Waals surface area contributed by atoms with Gasteiger partial charge in [0.15, 0.2) is 0 Å². The summed E-state index contributed by atoms with van der Waals surface area (Å²) in [6.45, 7) is 0. The first kappa shape index (κ1) is 11.9. The molecule has 0 saturated heterocycles. The first-order valence-electron chi connectivity index (χ1n) is 5.97. The van der Waals surface area contributed by atoms with Gasteiger partial charge in [0, 0.05) is 19.0 Å². The van der Waals surface area contributed by atoms with Gasteiger partial charge >= 0.3 is 0 Å². The highest BCUT2D eigenvalue weighted by molar-refractivity contribution is 6.16. The van der Waals surface area contributed by atoms with Crippen LogP contribution in [0.5, 0.6) is 0 Å². The predicted octanol–water partition coefficient (Wildman–Crippen LogP) is 3.42. The smallest absolute Gasteiger partial charge is 0.135 e. The second-order valence-electron chi connectivity index (χ2n) is 4.48. The summed E-state index contributed by atoms with van der Waals surface area (Å²) in [5.74, 6) is 2.02. The van der Waals surface area contributed by atoms with Gasteiger partial charge in [0.1, 0.15) is 11.9 Å². The Hall–Kier alpha value is -0.540. The fourth-order valence-corrected chi connectivity index (χ4v) is 2.69. The zero-order chi connectivity index (χ0) is 11.4. The van der Waals surface area contributed by atoms with Gasteiger partial charge in [-0.1, -0.05) is 19.3 Å². The van der Waals surface area contributed by atoms with Gasteiger partial charge in [0.05, 0.1) is 5.88 Å². The quantitative estimate of drug-likeness (QED) is 0.822. The average Bonchev–Trinajstić information content (AvgIpc) is 2.80. The van der Waals surface area contributed by atoms with Gasteiger partial charge in [-0.2, -0.15) is 0 Å². The van der Waals surface area contributed by atoms with E-state index in [1.807, 2.05) is 0 Å². The molecule has 1 N–H and O–H groups in total. The molecule has 2 rings (SSSR count). The lowest BCUT2D eigenvalue weighted by molar-refractivity contribution is 0.0295. The summed E-state index contributed by atoms with van der Waals surface area (Å²) >= 11 is 5.76. The standard InChI is InChI=1S/C12H19ClN2O/c1-16-11(9-5-3-2-4-6-9)12-14-8-10(7-13)15-12/h8-9,11H,2-7H2,1H3,(H,14,15). The van der Waals surface area contributed by atoms with Crippen molar-refractivity contribution in [1.29, 1.82) is 0 Å². The van der Waals surface area contributed by atoms with Gasteiger partial charge in [-0.25, -0.2) is 4.98 Å². The molecule has 1 aromatic heterocycles. The fraction of sp³-hybridized carbons (Fsp3) is 0.750. The van der Waals surface area contributed by atoms with Crippen molar-refractivity contribution in [2.24, 2.45) is 5.92 Å². The van der Waals surface area contributed by atoms with Crippen molar-refractivity contribution >= 4 is 11.6 Å². The van der Waals surface area contributed by atoms with Crippen LogP contribution < -0.4 is 0 Å². The van der Waals surface area contributed by atoms with E-state index >= 15 is 0 Å². The van der Waals surface area contributed by atoms with Gasteiger partial charge in [-0.3, -0.25) is 0 Å². The summed E-state index contributed by atoms with van der Waals surface area (Å²) in [5, 5.41) is 0. The zero-order valence-electron chi connectivity index (χ0n) is 9.71. The van der Waals surface area contributed by atoms with Crippen LogP contribution >= 0.6 is 11.6 Å². The van der Waals surface area contributed by atoms with Crippen molar-refractivity contribution in [3.8, 4) is 0 Å². The SMILES string of the molecule is COC(c1ncc(CCl)[nH]1)C1CCCCC1. The molecule has 1 aromatic rings. The number of rotatable bonds is 4. The van der Waals surface area contributed by atoms with E-state index in [0.29, 0.717) is 11.8 Å². The number of imidazole rings is 1. The maximum Gasteiger partial charge on any atom is 0.135 e. The van der Waals surface area contributed by atoms with Crippen molar-refractivity contribution in [3.05, 3.63) is 17.7 Å². The Morgan fingerprint density at radius 3 is 2.81 bits per heavy atom. The third-order valence-electron chi connectivity index (χ3n) is 3.39. The highest BCUT2D eigenvalue weighted by atomic mass is 35.5. The van der Waals surface area contributed by atoms with Crippen LogP contribution in [0.2, 0.25) is 0 Å². The van der Waals surface area contributed by atoms with E-state index in [2.05, 4.69) is 9.97 Å². The lowest BCUT2D eigenvalue weighted by Gasteiger charge is -2.27. The van der Waals surface area contributed by atoms with E-state index in [4.69, 9.17) is 16.3 Å². The summed E-state index contributed by atoms with van der Waals surface area (Å²) in [7, 11) is 1.77. The van der Waals surface area contributed by atoms with E-state index in [1.165, 1.54) is 32.1 Å². The number of aromatic amines is 1. The number of hydrogen-bond acceptors (Lipinski definition) is 2. The molecule has 0 amide bonds. The molecule has 1 unspecified atom stereocenters. The van der Waals surface area contributed by atoms with Crippen molar-refractivity contribution < 1.29 is 4.74 Å². The summed E-state index contributed by atoms with van der Waals surface area (Å²) in [5.41, 5.74) is 0.967. The molecule has 0 radical (unpaired) electrons. The monoisotopic (exact) mass is 242 g/mol. The molecule has 0 bridgehead atoms. The van der Waals surface area contributed by atoms with Gasteiger partial charge in [0.25, 0.3) is 0 Å². The van der Waals surface area contributed by atoms with Crippen LogP contribution in [0.25, 0.3) is 0 Å². The Labute approximate surface area is 102 Å². The van der Waals surface area contributed by atoms with Crippen molar-refractivity contribution in [3.63, 3.8) is 0 Å². The van der Waals surface area contributed by atoms with Crippen molar-refractivity contribution in [1.82, 2.24) is 9.97 Å². The van der Waals surface area contributed by atoms with E-state index in [0.717, 1.165) is 11.5 Å². The van der Waals surface area contributed by atoms with Crippen LogP contribution in [0, 0.1) is 5.92 Å². The Bertz CT molecular complexity index is 321. The Kier molecular flexibility index (Phi) is 4.24. The van der Waals surface area contributed by atoms with Crippen molar-refractivity contribution in [2.45, 2.75) is 44.1 Å². The third-order valence-corrected chi connectivity index (χ3v) is 3.68. The first-order valence-corrected chi connectivity index (χ1v) is 6.51. The number of alkyl halides is 1. The van der Waals surface area contributed by atoms with E-state index in [1.54, 1.807) is 13.3 Å². The molecule has 16 heavy (non-hydrogen) atoms. The van der Waals surface area contributed by atoms with Crippen LogP contribution in [0.3, 0.4) is 0 Å². The summed E-state index contributed by atoms with van der Waals surface area (Å²) in [6, 6.07) is 0. The molecular weight excluding hydrogens is 224 g/mol. The summed E-state index contributed by atoms with van der Waals surface area (Å²) in [6.07, 6.45) is 8.39. The molecule has 1 atom stereocenters. The number of methoxy groups -OCH3 is 1. The molecule has 1 saturated carbocycles. The number of aromatic nitrogens is 2. The molecule has 1 aliphatic carbocycles. The number of ether oxygens (including phenoxy) is 1. The van der Waals surface area contributed by atoms with Crippen LogP contribution in [0.1, 0.15) is 49.7 Å². The highest BCUT2D eigenvalue weighted by Crippen LogP contribution is 2.35. The predicted molar refractivity (Wildman–Crippen MR) is 64.5 cm³/mol. The van der Waals surface area contributed by atoms with Crippen LogP contribution in [0.4, 0.5) is 0 Å². The number of nitrogens with zero attached hydrogens (tertiary/aromatic N) is 1. The maximum absolute atomic E-state index is 5.76. The van der Waals surface area contributed by atoms with Crippen LogP contribution in [-0.2, 0) is 10.6 Å². The Balaban J connectivity index is 2.08. The molecular formula is C12H19ClN2O. The molecule has 3 nitrogen and oxygen atoms in total. The minimum absolute atomic E-state index is 0.109. The number of H-pyrrole nitrogens is 1. The highest BCUT2D eigenvalue weighted by Gasteiger charge is 2.26. The van der Waals surface area contributed by atoms with Gasteiger partial charge in [-0.15, -0.1) is 11.6 Å². The van der Waals surface area contributed by atoms with E-state index < -0.39 is 0 Å². The topological polar surface area (TPSA) is 37.9 Å². The van der Waals surface area contributed by atoms with Gasteiger partial charge in [-0.05, 0) is 18.8 Å². The molecule has 4 heteroatoms. The average molecular weight is 243 g/mol. The summed E-state index contributed by atoms with van der Waals surface area (Å²) < 4.78 is 5.60. The lowest BCUT2D eigenvalue weighted by atomic mass is 9.85. The second-order valence-corrected chi connectivity index (χ2v) is 4.75. The van der Waals surface area contributed by atoms with Crippen molar-refractivity contribution in [2.75, 3.05) is 7.11 Å². The first-order chi connectivity index (χ1) is 7.85. The minimum Gasteiger partial charge on any atom is -0.373 e. The van der Waals surface area contributed by atoms with Gasteiger partial charge in [0.2, 0.25) is 0 Å². The van der Waals surface area contributed by atoms with Gasteiger partial charge < -0.3 is 9.72 Å². The minimum atomic E-state index is 0.109. The molecule has 1 heterocycles. The zero-order valence-corrected chi connectivity index (χ0v) is 10.5. The molecule has 0 aliphatic heterocycles. The van der Waals surface area contributed by atoms with E-state index in [-0.39, 0.29) is 6.10 Å². The Morgan fingerprint density at radius 2 is 2.25 bits per heavy atom. The number of halogens is 1. The number of hydrogen-bond donors (Lipinski definition) is 1.